The van der Waals surface area contributed by atoms with Gasteiger partial charge in [0.2, 0.25) is 9.84 Å². The highest BCUT2D eigenvalue weighted by atomic mass is 32.2. The zero-order valence-corrected chi connectivity index (χ0v) is 11.6. The number of nitrogens with zero attached hydrogens (tertiary/aromatic N) is 1. The predicted molar refractivity (Wildman–Crippen MR) is 69.7 cm³/mol. The van der Waals surface area contributed by atoms with E-state index in [0.717, 1.165) is 36.5 Å². The van der Waals surface area contributed by atoms with E-state index in [-0.39, 0.29) is 10.6 Å². The lowest BCUT2D eigenvalue weighted by molar-refractivity contribution is -0.137. The molecule has 22 heavy (non-hydrogen) atoms. The topological polar surface area (TPSA) is 90.1 Å². The number of pyridine rings is 1. The van der Waals surface area contributed by atoms with E-state index in [1.807, 2.05) is 0 Å². The number of aromatic nitrogens is 1. The summed E-state index contributed by atoms with van der Waals surface area (Å²) in [6.07, 6.45) is -3.78. The van der Waals surface area contributed by atoms with Gasteiger partial charge in [-0.1, -0.05) is 6.07 Å². The van der Waals surface area contributed by atoms with Gasteiger partial charge >= 0.3 is 6.18 Å². The zero-order chi connectivity index (χ0) is 16.5. The van der Waals surface area contributed by atoms with Crippen molar-refractivity contribution in [2.75, 3.05) is 0 Å². The SMILES string of the molecule is NC(=O)c1ccc(S(=O)(=O)c2cccc(C(F)(F)F)c2)cn1. The van der Waals surface area contributed by atoms with E-state index in [0.29, 0.717) is 6.07 Å². The molecular formula is C13H9F3N2O3S. The number of carbonyl (C=O) groups is 1. The van der Waals surface area contributed by atoms with Gasteiger partial charge in [0.25, 0.3) is 5.91 Å². The first-order chi connectivity index (χ1) is 10.1. The number of hydrogen-bond donors (Lipinski definition) is 1. The molecule has 0 aliphatic carbocycles. The van der Waals surface area contributed by atoms with E-state index >= 15 is 0 Å². The summed E-state index contributed by atoms with van der Waals surface area (Å²) in [4.78, 5) is 13.6. The molecule has 2 aromatic rings. The van der Waals surface area contributed by atoms with Gasteiger partial charge in [-0.15, -0.1) is 0 Å². The molecule has 1 heterocycles. The molecule has 0 saturated heterocycles. The van der Waals surface area contributed by atoms with Crippen molar-refractivity contribution < 1.29 is 26.4 Å². The molecule has 2 rings (SSSR count). The van der Waals surface area contributed by atoms with E-state index in [1.54, 1.807) is 0 Å². The summed E-state index contributed by atoms with van der Waals surface area (Å²) in [6.45, 7) is 0. The number of rotatable bonds is 3. The summed E-state index contributed by atoms with van der Waals surface area (Å²) in [5.41, 5.74) is 3.75. The third-order valence-electron chi connectivity index (χ3n) is 2.77. The fourth-order valence-corrected chi connectivity index (χ4v) is 2.91. The molecular weight excluding hydrogens is 321 g/mol. The molecule has 0 unspecified atom stereocenters. The Balaban J connectivity index is 2.49. The van der Waals surface area contributed by atoms with Crippen molar-refractivity contribution >= 4 is 15.7 Å². The highest BCUT2D eigenvalue weighted by Crippen LogP contribution is 2.31. The molecule has 5 nitrogen and oxygen atoms in total. The molecule has 0 atom stereocenters. The van der Waals surface area contributed by atoms with Crippen molar-refractivity contribution in [3.63, 3.8) is 0 Å². The largest absolute Gasteiger partial charge is 0.416 e. The van der Waals surface area contributed by atoms with Gasteiger partial charge in [-0.25, -0.2) is 13.4 Å². The summed E-state index contributed by atoms with van der Waals surface area (Å²) in [7, 11) is -4.18. The van der Waals surface area contributed by atoms with Crippen LogP contribution in [0.4, 0.5) is 13.2 Å². The van der Waals surface area contributed by atoms with Gasteiger partial charge in [0.15, 0.2) is 0 Å². The van der Waals surface area contributed by atoms with E-state index < -0.39 is 32.4 Å². The fourth-order valence-electron chi connectivity index (χ4n) is 1.66. The van der Waals surface area contributed by atoms with Crippen LogP contribution < -0.4 is 5.73 Å². The number of alkyl halides is 3. The Hall–Kier alpha value is -2.42. The normalized spacial score (nSPS) is 12.1. The standard InChI is InChI=1S/C13H9F3N2O3S/c14-13(15,16)8-2-1-3-9(6-8)22(20,21)10-4-5-11(12(17)19)18-7-10/h1-7H,(H2,17,19). The van der Waals surface area contributed by atoms with Crippen molar-refractivity contribution in [3.05, 3.63) is 53.9 Å². The van der Waals surface area contributed by atoms with Gasteiger partial charge in [0.1, 0.15) is 5.69 Å². The smallest absolute Gasteiger partial charge is 0.364 e. The highest BCUT2D eigenvalue weighted by molar-refractivity contribution is 7.91. The third kappa shape index (κ3) is 3.08. The molecule has 0 bridgehead atoms. The number of sulfone groups is 1. The molecule has 0 fully saturated rings. The zero-order valence-electron chi connectivity index (χ0n) is 10.8. The van der Waals surface area contributed by atoms with E-state index in [2.05, 4.69) is 4.98 Å². The Labute approximate surface area is 123 Å². The van der Waals surface area contributed by atoms with Gasteiger partial charge in [-0.3, -0.25) is 4.79 Å². The third-order valence-corrected chi connectivity index (χ3v) is 4.51. The number of nitrogens with two attached hydrogens (primary N) is 1. The van der Waals surface area contributed by atoms with Gasteiger partial charge in [0, 0.05) is 6.20 Å². The Kier molecular flexibility index (Phi) is 3.92. The average molecular weight is 330 g/mol. The van der Waals surface area contributed by atoms with Gasteiger partial charge in [0.05, 0.1) is 15.4 Å². The van der Waals surface area contributed by atoms with Crippen LogP contribution >= 0.6 is 0 Å². The summed E-state index contributed by atoms with van der Waals surface area (Å²) >= 11 is 0. The highest BCUT2D eigenvalue weighted by Gasteiger charge is 2.32. The van der Waals surface area contributed by atoms with Gasteiger partial charge < -0.3 is 5.73 Å². The van der Waals surface area contributed by atoms with Crippen LogP contribution in [0.2, 0.25) is 0 Å². The Morgan fingerprint density at radius 2 is 1.77 bits per heavy atom. The second kappa shape index (κ2) is 5.41. The fraction of sp³-hybridized carbons (Fsp3) is 0.0769. The van der Waals surface area contributed by atoms with Crippen molar-refractivity contribution in [2.24, 2.45) is 5.73 Å². The van der Waals surface area contributed by atoms with E-state index in [9.17, 15) is 26.4 Å². The summed E-state index contributed by atoms with van der Waals surface area (Å²) in [5.74, 6) is -0.844. The lowest BCUT2D eigenvalue weighted by Gasteiger charge is -2.09. The van der Waals surface area contributed by atoms with Crippen LogP contribution in [0.3, 0.4) is 0 Å². The number of hydrogen-bond acceptors (Lipinski definition) is 4. The first kappa shape index (κ1) is 16.0. The van der Waals surface area contributed by atoms with Gasteiger partial charge in [-0.05, 0) is 30.3 Å². The lowest BCUT2D eigenvalue weighted by atomic mass is 10.2. The maximum atomic E-state index is 12.6. The van der Waals surface area contributed by atoms with Crippen LogP contribution in [0.15, 0.2) is 52.4 Å². The Bertz CT molecular complexity index is 815. The number of carbonyl (C=O) groups excluding carboxylic acids is 1. The molecule has 1 aromatic carbocycles. The monoisotopic (exact) mass is 330 g/mol. The second-order valence-corrected chi connectivity index (χ2v) is 6.22. The molecule has 1 amide bonds. The molecule has 0 aliphatic heterocycles. The number of amides is 1. The Morgan fingerprint density at radius 3 is 2.27 bits per heavy atom. The maximum Gasteiger partial charge on any atom is 0.416 e. The first-order valence-corrected chi connectivity index (χ1v) is 7.29. The molecule has 0 aliphatic rings. The molecule has 1 aromatic heterocycles. The van der Waals surface area contributed by atoms with Crippen molar-refractivity contribution in [3.8, 4) is 0 Å². The predicted octanol–water partition coefficient (Wildman–Crippen LogP) is 2.03. The van der Waals surface area contributed by atoms with E-state index in [1.165, 1.54) is 0 Å². The molecule has 2 N–H and O–H groups in total. The lowest BCUT2D eigenvalue weighted by Crippen LogP contribution is -2.13. The van der Waals surface area contributed by atoms with Crippen LogP contribution in [0, 0.1) is 0 Å². The quantitative estimate of drug-likeness (QED) is 0.932. The molecule has 0 saturated carbocycles. The summed E-state index contributed by atoms with van der Waals surface area (Å²) < 4.78 is 62.5. The number of benzene rings is 1. The first-order valence-electron chi connectivity index (χ1n) is 5.80. The molecule has 9 heteroatoms. The minimum Gasteiger partial charge on any atom is -0.364 e. The van der Waals surface area contributed by atoms with Crippen LogP contribution in [0.25, 0.3) is 0 Å². The average Bonchev–Trinajstić information content (AvgIpc) is 2.46. The summed E-state index contributed by atoms with van der Waals surface area (Å²) in [5, 5.41) is 0. The maximum absolute atomic E-state index is 12.6. The summed E-state index contributed by atoms with van der Waals surface area (Å²) in [6, 6.07) is 5.50. The Morgan fingerprint density at radius 1 is 1.09 bits per heavy atom. The van der Waals surface area contributed by atoms with Crippen molar-refractivity contribution in [1.29, 1.82) is 0 Å². The van der Waals surface area contributed by atoms with Crippen LogP contribution in [0.5, 0.6) is 0 Å². The minimum atomic E-state index is -4.65. The number of primary amides is 1. The number of halogens is 3. The van der Waals surface area contributed by atoms with Crippen molar-refractivity contribution in [2.45, 2.75) is 16.0 Å². The van der Waals surface area contributed by atoms with Crippen molar-refractivity contribution in [1.82, 2.24) is 4.98 Å². The molecule has 0 radical (unpaired) electrons. The molecule has 116 valence electrons. The van der Waals surface area contributed by atoms with Crippen LogP contribution in [-0.2, 0) is 16.0 Å². The van der Waals surface area contributed by atoms with Crippen LogP contribution in [-0.4, -0.2) is 19.3 Å². The van der Waals surface area contributed by atoms with Crippen LogP contribution in [0.1, 0.15) is 16.1 Å². The minimum absolute atomic E-state index is 0.150. The second-order valence-electron chi connectivity index (χ2n) is 4.27. The van der Waals surface area contributed by atoms with E-state index in [4.69, 9.17) is 5.73 Å². The van der Waals surface area contributed by atoms with Gasteiger partial charge in [-0.2, -0.15) is 13.2 Å². The molecule has 0 spiro atoms.